The second kappa shape index (κ2) is 11.5. The minimum absolute atomic E-state index is 0.0703. The van der Waals surface area contributed by atoms with Gasteiger partial charge >= 0.3 is 6.03 Å². The van der Waals surface area contributed by atoms with Crippen molar-refractivity contribution in [3.63, 3.8) is 0 Å². The summed E-state index contributed by atoms with van der Waals surface area (Å²) in [5.41, 5.74) is 0.589. The zero-order valence-electron chi connectivity index (χ0n) is 20.6. The molecule has 2 unspecified atom stereocenters. The van der Waals surface area contributed by atoms with Crippen molar-refractivity contribution >= 4 is 44.9 Å². The van der Waals surface area contributed by atoms with Crippen LogP contribution in [0.4, 0.5) is 20.7 Å². The van der Waals surface area contributed by atoms with E-state index < -0.39 is 33.6 Å². The Bertz CT molecular complexity index is 1450. The standard InChI is InChI=1S/C26H26ClFN4O5S/c1-3-37-18-13-22(32(15-18)26(34)31-24-11-9-17(27)14-29-24)25(33)30-21-10-8-16(12-20(21)28)19-6-4-5-7-23(19)38(2,35)36/h4-12,14,18,22H,3,13,15H2,1-2H3,(H,30,33)(H,29,31,34). The van der Waals surface area contributed by atoms with E-state index in [0.29, 0.717) is 22.8 Å². The molecular formula is C26H26ClFN4O5S. The zero-order valence-corrected chi connectivity index (χ0v) is 22.2. The van der Waals surface area contributed by atoms with Crippen LogP contribution < -0.4 is 10.6 Å². The van der Waals surface area contributed by atoms with Crippen molar-refractivity contribution in [1.29, 1.82) is 0 Å². The topological polar surface area (TPSA) is 118 Å². The van der Waals surface area contributed by atoms with E-state index in [1.165, 1.54) is 35.4 Å². The van der Waals surface area contributed by atoms with Crippen LogP contribution in [-0.2, 0) is 19.4 Å². The molecule has 1 aromatic heterocycles. The number of carbonyl (C=O) groups is 2. The lowest BCUT2D eigenvalue weighted by Gasteiger charge is -2.24. The summed E-state index contributed by atoms with van der Waals surface area (Å²) in [6.07, 6.45) is 2.32. The average molecular weight is 561 g/mol. The van der Waals surface area contributed by atoms with Gasteiger partial charge in [0.05, 0.1) is 21.7 Å². The summed E-state index contributed by atoms with van der Waals surface area (Å²) < 4.78 is 45.0. The molecule has 4 rings (SSSR count). The number of ether oxygens (including phenoxy) is 1. The maximum atomic E-state index is 15.1. The molecule has 0 aliphatic carbocycles. The molecule has 38 heavy (non-hydrogen) atoms. The van der Waals surface area contributed by atoms with Gasteiger partial charge in [0, 0.05) is 37.6 Å². The number of pyridine rings is 1. The van der Waals surface area contributed by atoms with E-state index in [-0.39, 0.29) is 35.5 Å². The monoisotopic (exact) mass is 560 g/mol. The summed E-state index contributed by atoms with van der Waals surface area (Å²) in [6.45, 7) is 2.38. The third-order valence-electron chi connectivity index (χ3n) is 6.02. The molecule has 2 heterocycles. The van der Waals surface area contributed by atoms with Crippen molar-refractivity contribution in [2.24, 2.45) is 0 Å². The minimum Gasteiger partial charge on any atom is -0.377 e. The molecule has 1 aliphatic heterocycles. The van der Waals surface area contributed by atoms with Gasteiger partial charge in [-0.3, -0.25) is 10.1 Å². The molecule has 2 aromatic carbocycles. The highest BCUT2D eigenvalue weighted by molar-refractivity contribution is 7.90. The van der Waals surface area contributed by atoms with Crippen LogP contribution in [0, 0.1) is 5.82 Å². The average Bonchev–Trinajstić information content (AvgIpc) is 3.31. The molecule has 0 bridgehead atoms. The summed E-state index contributed by atoms with van der Waals surface area (Å²) in [7, 11) is -3.54. The van der Waals surface area contributed by atoms with Crippen molar-refractivity contribution in [2.75, 3.05) is 30.0 Å². The predicted molar refractivity (Wildman–Crippen MR) is 142 cm³/mol. The third kappa shape index (κ3) is 6.29. The number of urea groups is 1. The van der Waals surface area contributed by atoms with Gasteiger partial charge < -0.3 is 15.0 Å². The van der Waals surface area contributed by atoms with Crippen LogP contribution in [0.1, 0.15) is 13.3 Å². The van der Waals surface area contributed by atoms with Crippen molar-refractivity contribution in [1.82, 2.24) is 9.88 Å². The Kier molecular flexibility index (Phi) is 8.29. The molecule has 0 saturated carbocycles. The van der Waals surface area contributed by atoms with Crippen molar-refractivity contribution in [3.8, 4) is 11.1 Å². The van der Waals surface area contributed by atoms with E-state index in [1.807, 2.05) is 6.92 Å². The van der Waals surface area contributed by atoms with Gasteiger partial charge in [0.2, 0.25) is 5.91 Å². The fraction of sp³-hybridized carbons (Fsp3) is 0.269. The highest BCUT2D eigenvalue weighted by Gasteiger charge is 2.40. The fourth-order valence-corrected chi connectivity index (χ4v) is 5.31. The van der Waals surface area contributed by atoms with Crippen LogP contribution >= 0.6 is 11.6 Å². The van der Waals surface area contributed by atoms with E-state index in [9.17, 15) is 18.0 Å². The van der Waals surface area contributed by atoms with Crippen molar-refractivity contribution in [3.05, 3.63) is 71.6 Å². The molecule has 0 spiro atoms. The van der Waals surface area contributed by atoms with Gasteiger partial charge in [-0.1, -0.05) is 35.9 Å². The summed E-state index contributed by atoms with van der Waals surface area (Å²) in [5, 5.41) is 5.60. The Labute approximate surface area is 224 Å². The van der Waals surface area contributed by atoms with E-state index in [0.717, 1.165) is 12.3 Å². The maximum absolute atomic E-state index is 15.1. The van der Waals surface area contributed by atoms with Crippen LogP contribution in [-0.4, -0.2) is 61.8 Å². The SMILES string of the molecule is CCOC1CC(C(=O)Nc2ccc(-c3ccccc3S(C)(=O)=O)cc2F)N(C(=O)Nc2ccc(Cl)cn2)C1. The number of amides is 3. The highest BCUT2D eigenvalue weighted by Crippen LogP contribution is 2.30. The Morgan fingerprint density at radius 1 is 1.16 bits per heavy atom. The lowest BCUT2D eigenvalue weighted by molar-refractivity contribution is -0.119. The van der Waals surface area contributed by atoms with Gasteiger partial charge in [-0.05, 0) is 42.8 Å². The lowest BCUT2D eigenvalue weighted by Crippen LogP contribution is -2.45. The van der Waals surface area contributed by atoms with Crippen molar-refractivity contribution < 1.29 is 27.1 Å². The largest absolute Gasteiger partial charge is 0.377 e. The number of sulfone groups is 1. The van der Waals surface area contributed by atoms with Gasteiger partial charge in [-0.25, -0.2) is 22.6 Å². The number of likely N-dealkylation sites (tertiary alicyclic amines) is 1. The van der Waals surface area contributed by atoms with Crippen LogP contribution in [0.2, 0.25) is 5.02 Å². The molecule has 3 amide bonds. The third-order valence-corrected chi connectivity index (χ3v) is 7.39. The highest BCUT2D eigenvalue weighted by atomic mass is 35.5. The van der Waals surface area contributed by atoms with Crippen LogP contribution in [0.5, 0.6) is 0 Å². The fourth-order valence-electron chi connectivity index (χ4n) is 4.29. The van der Waals surface area contributed by atoms with Crippen LogP contribution in [0.25, 0.3) is 11.1 Å². The van der Waals surface area contributed by atoms with Crippen LogP contribution in [0.15, 0.2) is 65.7 Å². The Morgan fingerprint density at radius 3 is 2.58 bits per heavy atom. The molecule has 2 N–H and O–H groups in total. The smallest absolute Gasteiger partial charge is 0.323 e. The van der Waals surface area contributed by atoms with E-state index in [1.54, 1.807) is 24.3 Å². The Morgan fingerprint density at radius 2 is 1.92 bits per heavy atom. The molecule has 12 heteroatoms. The molecule has 0 radical (unpaired) electrons. The first kappa shape index (κ1) is 27.5. The minimum atomic E-state index is -3.54. The molecule has 3 aromatic rings. The number of hydrogen-bond acceptors (Lipinski definition) is 6. The first-order chi connectivity index (χ1) is 18.1. The molecule has 200 valence electrons. The van der Waals surface area contributed by atoms with Gasteiger partial charge in [0.25, 0.3) is 0 Å². The van der Waals surface area contributed by atoms with E-state index in [4.69, 9.17) is 16.3 Å². The number of hydrogen-bond donors (Lipinski definition) is 2. The molecule has 9 nitrogen and oxygen atoms in total. The zero-order chi connectivity index (χ0) is 27.4. The van der Waals surface area contributed by atoms with Gasteiger partial charge in [0.1, 0.15) is 17.7 Å². The van der Waals surface area contributed by atoms with Gasteiger partial charge in [0.15, 0.2) is 9.84 Å². The van der Waals surface area contributed by atoms with Crippen molar-refractivity contribution in [2.45, 2.75) is 30.4 Å². The summed E-state index contributed by atoms with van der Waals surface area (Å²) in [5.74, 6) is -1.08. The second-order valence-electron chi connectivity index (χ2n) is 8.73. The summed E-state index contributed by atoms with van der Waals surface area (Å²) >= 11 is 5.84. The number of halogens is 2. The second-order valence-corrected chi connectivity index (χ2v) is 11.1. The number of aromatic nitrogens is 1. The van der Waals surface area contributed by atoms with E-state index in [2.05, 4.69) is 15.6 Å². The normalized spacial score (nSPS) is 17.3. The summed E-state index contributed by atoms with van der Waals surface area (Å²) in [6, 6.07) is 11.9. The number of benzene rings is 2. The number of carbonyl (C=O) groups excluding carboxylic acids is 2. The Hall–Kier alpha value is -3.54. The predicted octanol–water partition coefficient (Wildman–Crippen LogP) is 4.59. The van der Waals surface area contributed by atoms with E-state index >= 15 is 4.39 Å². The first-order valence-electron chi connectivity index (χ1n) is 11.8. The molecule has 1 saturated heterocycles. The van der Waals surface area contributed by atoms with Gasteiger partial charge in [-0.15, -0.1) is 0 Å². The number of rotatable bonds is 7. The molecule has 1 aliphatic rings. The Balaban J connectivity index is 1.53. The van der Waals surface area contributed by atoms with Crippen LogP contribution in [0.3, 0.4) is 0 Å². The quantitative estimate of drug-likeness (QED) is 0.436. The maximum Gasteiger partial charge on any atom is 0.323 e. The molecule has 2 atom stereocenters. The number of nitrogens with zero attached hydrogens (tertiary/aromatic N) is 2. The molecule has 1 fully saturated rings. The molecular weight excluding hydrogens is 535 g/mol. The van der Waals surface area contributed by atoms with Gasteiger partial charge in [-0.2, -0.15) is 0 Å². The number of anilines is 2. The number of nitrogens with one attached hydrogen (secondary N) is 2. The summed E-state index contributed by atoms with van der Waals surface area (Å²) in [4.78, 5) is 31.6. The lowest BCUT2D eigenvalue weighted by atomic mass is 10.0. The first-order valence-corrected chi connectivity index (χ1v) is 14.0.